The maximum atomic E-state index is 9.84. The van der Waals surface area contributed by atoms with Crippen LogP contribution in [0.5, 0.6) is 0 Å². The lowest BCUT2D eigenvalue weighted by Crippen LogP contribution is -2.48. The first-order valence-corrected chi connectivity index (χ1v) is 3.80. The van der Waals surface area contributed by atoms with Crippen molar-refractivity contribution in [2.24, 2.45) is 11.1 Å². The molecule has 2 nitrogen and oxygen atoms in total. The molecule has 0 amide bonds. The quantitative estimate of drug-likeness (QED) is 0.612. The van der Waals surface area contributed by atoms with E-state index in [1.807, 2.05) is 27.7 Å². The maximum Gasteiger partial charge on any atom is 0.0814 e. The van der Waals surface area contributed by atoms with Gasteiger partial charge in [-0.15, -0.1) is 0 Å². The van der Waals surface area contributed by atoms with Gasteiger partial charge >= 0.3 is 0 Å². The fourth-order valence-corrected chi connectivity index (χ4v) is 0.981. The fourth-order valence-electron chi connectivity index (χ4n) is 0.981. The lowest BCUT2D eigenvalue weighted by atomic mass is 9.75. The molecule has 62 valence electrons. The van der Waals surface area contributed by atoms with Crippen LogP contribution in [0.2, 0.25) is 0 Å². The maximum absolute atomic E-state index is 9.84. The Morgan fingerprint density at radius 3 is 1.70 bits per heavy atom. The summed E-state index contributed by atoms with van der Waals surface area (Å²) in [5.41, 5.74) is 4.64. The highest BCUT2D eigenvalue weighted by Crippen LogP contribution is 2.31. The minimum absolute atomic E-state index is 0.115. The summed E-state index contributed by atoms with van der Waals surface area (Å²) >= 11 is 0. The SMILES string of the molecule is CCC(O)(CN)C(C)(C)C. The van der Waals surface area contributed by atoms with Gasteiger partial charge in [0.1, 0.15) is 0 Å². The molecule has 0 aromatic heterocycles. The monoisotopic (exact) mass is 145 g/mol. The van der Waals surface area contributed by atoms with Crippen LogP contribution in [0.15, 0.2) is 0 Å². The van der Waals surface area contributed by atoms with Gasteiger partial charge in [-0.2, -0.15) is 0 Å². The van der Waals surface area contributed by atoms with E-state index in [1.165, 1.54) is 0 Å². The Balaban J connectivity index is 4.33. The Kier molecular flexibility index (Phi) is 2.86. The molecule has 0 radical (unpaired) electrons. The molecule has 0 rings (SSSR count). The topological polar surface area (TPSA) is 46.2 Å². The second-order valence-electron chi connectivity index (χ2n) is 3.84. The van der Waals surface area contributed by atoms with E-state index in [0.29, 0.717) is 13.0 Å². The molecule has 2 heteroatoms. The largest absolute Gasteiger partial charge is 0.388 e. The van der Waals surface area contributed by atoms with Gasteiger partial charge in [-0.3, -0.25) is 0 Å². The third-order valence-electron chi connectivity index (χ3n) is 2.32. The molecule has 0 fully saturated rings. The summed E-state index contributed by atoms with van der Waals surface area (Å²) < 4.78 is 0. The van der Waals surface area contributed by atoms with Gasteiger partial charge in [0, 0.05) is 6.54 Å². The number of hydrogen-bond donors (Lipinski definition) is 2. The van der Waals surface area contributed by atoms with Crippen LogP contribution in [-0.2, 0) is 0 Å². The number of aliphatic hydroxyl groups is 1. The van der Waals surface area contributed by atoms with E-state index in [0.717, 1.165) is 0 Å². The minimum atomic E-state index is -0.701. The van der Waals surface area contributed by atoms with Gasteiger partial charge < -0.3 is 10.8 Å². The Bertz CT molecular complexity index is 100. The van der Waals surface area contributed by atoms with Crippen LogP contribution in [0.25, 0.3) is 0 Å². The molecule has 0 aliphatic rings. The molecule has 0 aliphatic heterocycles. The first kappa shape index (κ1) is 9.92. The van der Waals surface area contributed by atoms with E-state index in [1.54, 1.807) is 0 Å². The van der Waals surface area contributed by atoms with Crippen LogP contribution in [0.4, 0.5) is 0 Å². The van der Waals surface area contributed by atoms with E-state index >= 15 is 0 Å². The smallest absolute Gasteiger partial charge is 0.0814 e. The zero-order valence-corrected chi connectivity index (χ0v) is 7.44. The number of nitrogens with two attached hydrogens (primary N) is 1. The average molecular weight is 145 g/mol. The van der Waals surface area contributed by atoms with Crippen molar-refractivity contribution in [3.05, 3.63) is 0 Å². The van der Waals surface area contributed by atoms with E-state index in [-0.39, 0.29) is 5.41 Å². The second kappa shape index (κ2) is 2.89. The summed E-state index contributed by atoms with van der Waals surface area (Å²) in [6.07, 6.45) is 0.715. The zero-order chi connectivity index (χ0) is 8.41. The predicted molar refractivity (Wildman–Crippen MR) is 43.8 cm³/mol. The van der Waals surface area contributed by atoms with Crippen molar-refractivity contribution >= 4 is 0 Å². The summed E-state index contributed by atoms with van der Waals surface area (Å²) in [7, 11) is 0. The van der Waals surface area contributed by atoms with Crippen molar-refractivity contribution < 1.29 is 5.11 Å². The van der Waals surface area contributed by atoms with E-state index in [9.17, 15) is 5.11 Å². The van der Waals surface area contributed by atoms with Gasteiger partial charge in [0.15, 0.2) is 0 Å². The molecule has 10 heavy (non-hydrogen) atoms. The second-order valence-corrected chi connectivity index (χ2v) is 3.84. The molecular formula is C8H19NO. The molecule has 0 spiro atoms. The molecule has 0 aliphatic carbocycles. The highest BCUT2D eigenvalue weighted by Gasteiger charge is 2.36. The van der Waals surface area contributed by atoms with Crippen LogP contribution in [-0.4, -0.2) is 17.3 Å². The van der Waals surface area contributed by atoms with E-state index in [4.69, 9.17) is 5.73 Å². The van der Waals surface area contributed by atoms with Gasteiger partial charge in [-0.1, -0.05) is 27.7 Å². The molecule has 3 N–H and O–H groups in total. The molecule has 0 aromatic rings. The molecule has 0 saturated carbocycles. The standard InChI is InChI=1S/C8H19NO/c1-5-8(10,6-9)7(2,3)4/h10H,5-6,9H2,1-4H3. The Hall–Kier alpha value is -0.0800. The van der Waals surface area contributed by atoms with Gasteiger partial charge in [-0.05, 0) is 11.8 Å². The summed E-state index contributed by atoms with van der Waals surface area (Å²) in [5, 5.41) is 9.84. The van der Waals surface area contributed by atoms with Crippen molar-refractivity contribution in [3.63, 3.8) is 0 Å². The Morgan fingerprint density at radius 1 is 1.30 bits per heavy atom. The summed E-state index contributed by atoms with van der Waals surface area (Å²) in [6.45, 7) is 8.31. The molecule has 1 unspecified atom stereocenters. The summed E-state index contributed by atoms with van der Waals surface area (Å²) in [4.78, 5) is 0. The molecule has 0 bridgehead atoms. The molecule has 1 atom stereocenters. The van der Waals surface area contributed by atoms with Crippen LogP contribution < -0.4 is 5.73 Å². The highest BCUT2D eigenvalue weighted by atomic mass is 16.3. The molecule has 0 heterocycles. The lowest BCUT2D eigenvalue weighted by molar-refractivity contribution is -0.0524. The van der Waals surface area contributed by atoms with Crippen molar-refractivity contribution in [2.45, 2.75) is 39.7 Å². The normalized spacial score (nSPS) is 18.6. The minimum Gasteiger partial charge on any atom is -0.388 e. The van der Waals surface area contributed by atoms with Crippen LogP contribution in [0.1, 0.15) is 34.1 Å². The van der Waals surface area contributed by atoms with Crippen LogP contribution in [0, 0.1) is 5.41 Å². The molecule has 0 aromatic carbocycles. The first-order valence-electron chi connectivity index (χ1n) is 3.80. The third kappa shape index (κ3) is 1.70. The van der Waals surface area contributed by atoms with Gasteiger partial charge in [0.05, 0.1) is 5.60 Å². The van der Waals surface area contributed by atoms with Gasteiger partial charge in [0.25, 0.3) is 0 Å². The predicted octanol–water partition coefficient (Wildman–Crippen LogP) is 1.13. The highest BCUT2D eigenvalue weighted by molar-refractivity contribution is 4.89. The zero-order valence-electron chi connectivity index (χ0n) is 7.44. The van der Waals surface area contributed by atoms with Crippen molar-refractivity contribution in [1.82, 2.24) is 0 Å². The molecule has 0 saturated heterocycles. The van der Waals surface area contributed by atoms with Gasteiger partial charge in [0.2, 0.25) is 0 Å². The molecular weight excluding hydrogens is 126 g/mol. The average Bonchev–Trinajstić information content (AvgIpc) is 1.84. The van der Waals surface area contributed by atoms with E-state index < -0.39 is 5.60 Å². The van der Waals surface area contributed by atoms with Crippen LogP contribution >= 0.6 is 0 Å². The summed E-state index contributed by atoms with van der Waals surface area (Å²) in [6, 6.07) is 0. The third-order valence-corrected chi connectivity index (χ3v) is 2.32. The van der Waals surface area contributed by atoms with Gasteiger partial charge in [-0.25, -0.2) is 0 Å². The lowest BCUT2D eigenvalue weighted by Gasteiger charge is -2.38. The van der Waals surface area contributed by atoms with Crippen LogP contribution in [0.3, 0.4) is 0 Å². The first-order chi connectivity index (χ1) is 4.37. The van der Waals surface area contributed by atoms with E-state index in [2.05, 4.69) is 0 Å². The van der Waals surface area contributed by atoms with Crippen molar-refractivity contribution in [2.75, 3.05) is 6.54 Å². The number of rotatable bonds is 2. The Labute approximate surface area is 63.4 Å². The van der Waals surface area contributed by atoms with Crippen molar-refractivity contribution in [1.29, 1.82) is 0 Å². The van der Waals surface area contributed by atoms with Crippen molar-refractivity contribution in [3.8, 4) is 0 Å². The number of hydrogen-bond acceptors (Lipinski definition) is 2. The Morgan fingerprint density at radius 2 is 1.70 bits per heavy atom. The summed E-state index contributed by atoms with van der Waals surface area (Å²) in [5.74, 6) is 0. The fraction of sp³-hybridized carbons (Fsp3) is 1.00.